The topological polar surface area (TPSA) is 73.6 Å². The summed E-state index contributed by atoms with van der Waals surface area (Å²) in [5.74, 6) is -0.0712. The highest BCUT2D eigenvalue weighted by Gasteiger charge is 2.30. The van der Waals surface area contributed by atoms with Crippen molar-refractivity contribution in [2.24, 2.45) is 0 Å². The number of aromatic amines is 2. The van der Waals surface area contributed by atoms with Gasteiger partial charge in [0.1, 0.15) is 5.69 Å². The molecule has 3 aromatic rings. The zero-order valence-corrected chi connectivity index (χ0v) is 15.8. The summed E-state index contributed by atoms with van der Waals surface area (Å²) in [6, 6.07) is 7.78. The number of hydrogen-bond donors (Lipinski definition) is 3. The lowest BCUT2D eigenvalue weighted by Gasteiger charge is -2.27. The lowest BCUT2D eigenvalue weighted by molar-refractivity contribution is 0.0963. The van der Waals surface area contributed by atoms with Crippen molar-refractivity contribution in [2.75, 3.05) is 7.05 Å². The highest BCUT2D eigenvalue weighted by Crippen LogP contribution is 2.38. The van der Waals surface area contributed by atoms with E-state index in [-0.39, 0.29) is 5.91 Å². The zero-order valence-electron chi connectivity index (χ0n) is 13.7. The Morgan fingerprint density at radius 3 is 3.00 bits per heavy atom. The van der Waals surface area contributed by atoms with Crippen molar-refractivity contribution >= 4 is 39.4 Å². The highest BCUT2D eigenvalue weighted by atomic mass is 127. The SMILES string of the molecule is CNC(=O)c1ccc2[nH]c(-c3n[nH]c4c3CCC(C)(I)C4)cc2c1. The van der Waals surface area contributed by atoms with Crippen molar-refractivity contribution in [3.05, 3.63) is 41.1 Å². The van der Waals surface area contributed by atoms with Gasteiger partial charge in [-0.1, -0.05) is 29.5 Å². The molecule has 1 unspecified atom stereocenters. The molecule has 24 heavy (non-hydrogen) atoms. The molecule has 0 aliphatic heterocycles. The molecule has 6 heteroatoms. The Morgan fingerprint density at radius 1 is 1.38 bits per heavy atom. The summed E-state index contributed by atoms with van der Waals surface area (Å²) in [6.07, 6.45) is 3.23. The molecule has 1 atom stereocenters. The Bertz CT molecular complexity index is 938. The minimum absolute atomic E-state index is 0.0712. The first-order valence-electron chi connectivity index (χ1n) is 8.07. The van der Waals surface area contributed by atoms with Crippen LogP contribution in [-0.2, 0) is 12.8 Å². The van der Waals surface area contributed by atoms with Crippen molar-refractivity contribution in [2.45, 2.75) is 29.6 Å². The molecule has 5 nitrogen and oxygen atoms in total. The molecule has 3 N–H and O–H groups in total. The van der Waals surface area contributed by atoms with Crippen LogP contribution < -0.4 is 5.32 Å². The lowest BCUT2D eigenvalue weighted by atomic mass is 9.87. The molecular formula is C18H19IN4O. The van der Waals surface area contributed by atoms with E-state index in [0.29, 0.717) is 8.99 Å². The van der Waals surface area contributed by atoms with E-state index in [1.54, 1.807) is 7.05 Å². The maximum absolute atomic E-state index is 11.8. The van der Waals surface area contributed by atoms with Crippen LogP contribution in [0.1, 0.15) is 35.0 Å². The summed E-state index contributed by atoms with van der Waals surface area (Å²) in [4.78, 5) is 15.2. The van der Waals surface area contributed by atoms with E-state index in [0.717, 1.165) is 41.6 Å². The van der Waals surface area contributed by atoms with Gasteiger partial charge >= 0.3 is 0 Å². The number of alkyl halides is 1. The first-order chi connectivity index (χ1) is 11.5. The van der Waals surface area contributed by atoms with Gasteiger partial charge < -0.3 is 10.3 Å². The average molecular weight is 434 g/mol. The Kier molecular flexibility index (Phi) is 3.67. The summed E-state index contributed by atoms with van der Waals surface area (Å²) in [5.41, 5.74) is 6.27. The van der Waals surface area contributed by atoms with Crippen LogP contribution in [0.4, 0.5) is 0 Å². The molecule has 0 bridgehead atoms. The van der Waals surface area contributed by atoms with E-state index >= 15 is 0 Å². The summed E-state index contributed by atoms with van der Waals surface area (Å²) < 4.78 is 0.303. The number of carbonyl (C=O) groups is 1. The van der Waals surface area contributed by atoms with Crippen molar-refractivity contribution in [1.82, 2.24) is 20.5 Å². The van der Waals surface area contributed by atoms with E-state index in [4.69, 9.17) is 0 Å². The van der Waals surface area contributed by atoms with Gasteiger partial charge in [-0.05, 0) is 37.1 Å². The summed E-state index contributed by atoms with van der Waals surface area (Å²) in [7, 11) is 1.64. The van der Waals surface area contributed by atoms with Gasteiger partial charge in [-0.15, -0.1) is 0 Å². The monoisotopic (exact) mass is 434 g/mol. The van der Waals surface area contributed by atoms with Gasteiger partial charge in [-0.25, -0.2) is 0 Å². The van der Waals surface area contributed by atoms with Gasteiger partial charge in [-0.2, -0.15) is 5.10 Å². The smallest absolute Gasteiger partial charge is 0.251 e. The first kappa shape index (κ1) is 15.7. The van der Waals surface area contributed by atoms with Crippen LogP contribution in [0.2, 0.25) is 0 Å². The van der Waals surface area contributed by atoms with E-state index in [1.807, 2.05) is 18.2 Å². The molecule has 2 heterocycles. The number of hydrogen-bond acceptors (Lipinski definition) is 2. The maximum Gasteiger partial charge on any atom is 0.251 e. The van der Waals surface area contributed by atoms with Gasteiger partial charge in [0.25, 0.3) is 5.91 Å². The number of H-pyrrole nitrogens is 2. The van der Waals surface area contributed by atoms with Gasteiger partial charge in [0.2, 0.25) is 0 Å². The largest absolute Gasteiger partial charge is 0.355 e. The van der Waals surface area contributed by atoms with E-state index in [9.17, 15) is 4.79 Å². The molecule has 0 radical (unpaired) electrons. The summed E-state index contributed by atoms with van der Waals surface area (Å²) in [6.45, 7) is 2.29. The van der Waals surface area contributed by atoms with Crippen LogP contribution in [0.5, 0.6) is 0 Å². The number of carbonyl (C=O) groups excluding carboxylic acids is 1. The van der Waals surface area contributed by atoms with E-state index in [2.05, 4.69) is 56.1 Å². The number of benzene rings is 1. The molecule has 124 valence electrons. The molecule has 0 fully saturated rings. The molecule has 1 aromatic carbocycles. The third kappa shape index (κ3) is 2.62. The number of rotatable bonds is 2. The van der Waals surface area contributed by atoms with Crippen molar-refractivity contribution in [3.63, 3.8) is 0 Å². The van der Waals surface area contributed by atoms with Crippen LogP contribution in [0.25, 0.3) is 22.3 Å². The Morgan fingerprint density at radius 2 is 2.21 bits per heavy atom. The number of aromatic nitrogens is 3. The molecule has 1 aliphatic rings. The van der Waals surface area contributed by atoms with Gasteiger partial charge in [0.15, 0.2) is 0 Å². The number of amides is 1. The fraction of sp³-hybridized carbons (Fsp3) is 0.333. The van der Waals surface area contributed by atoms with Crippen molar-refractivity contribution in [1.29, 1.82) is 0 Å². The van der Waals surface area contributed by atoms with E-state index < -0.39 is 0 Å². The van der Waals surface area contributed by atoms with Gasteiger partial charge in [0.05, 0.1) is 5.69 Å². The Balaban J connectivity index is 1.75. The zero-order chi connectivity index (χ0) is 16.9. The molecule has 1 aliphatic carbocycles. The standard InChI is InChI=1S/C18H19IN4O/c1-18(19)6-5-12-15(9-18)22-23-16(12)14-8-11-7-10(17(24)20-2)3-4-13(11)21-14/h3-4,7-8,21H,5-6,9H2,1-2H3,(H,20,24)(H,22,23). The van der Waals surface area contributed by atoms with Crippen LogP contribution in [0, 0.1) is 0 Å². The van der Waals surface area contributed by atoms with Gasteiger partial charge in [-0.3, -0.25) is 9.89 Å². The third-order valence-corrected chi connectivity index (χ3v) is 5.68. The fourth-order valence-electron chi connectivity index (χ4n) is 3.43. The minimum Gasteiger partial charge on any atom is -0.355 e. The van der Waals surface area contributed by atoms with Gasteiger partial charge in [0, 0.05) is 44.6 Å². The third-order valence-electron chi connectivity index (χ3n) is 4.76. The van der Waals surface area contributed by atoms with Crippen LogP contribution in [-0.4, -0.2) is 31.6 Å². The molecule has 4 rings (SSSR count). The van der Waals surface area contributed by atoms with E-state index in [1.165, 1.54) is 11.3 Å². The Hall–Kier alpha value is -1.83. The second kappa shape index (κ2) is 5.61. The quantitative estimate of drug-likeness (QED) is 0.426. The average Bonchev–Trinajstić information content (AvgIpc) is 3.15. The number of fused-ring (bicyclic) bond motifs is 2. The molecular weight excluding hydrogens is 415 g/mol. The Labute approximate surface area is 153 Å². The van der Waals surface area contributed by atoms with Crippen molar-refractivity contribution in [3.8, 4) is 11.4 Å². The van der Waals surface area contributed by atoms with Crippen LogP contribution in [0.15, 0.2) is 24.3 Å². The summed E-state index contributed by atoms with van der Waals surface area (Å²) in [5, 5.41) is 11.5. The number of nitrogens with zero attached hydrogens (tertiary/aromatic N) is 1. The highest BCUT2D eigenvalue weighted by molar-refractivity contribution is 14.1. The molecule has 0 spiro atoms. The molecule has 1 amide bonds. The fourth-order valence-corrected chi connectivity index (χ4v) is 4.08. The first-order valence-corrected chi connectivity index (χ1v) is 9.15. The predicted molar refractivity (Wildman–Crippen MR) is 104 cm³/mol. The second-order valence-electron chi connectivity index (χ2n) is 6.68. The summed E-state index contributed by atoms with van der Waals surface area (Å²) >= 11 is 2.54. The normalized spacial score (nSPS) is 20.1. The number of nitrogens with one attached hydrogen (secondary N) is 3. The van der Waals surface area contributed by atoms with Crippen LogP contribution in [0.3, 0.4) is 0 Å². The molecule has 0 saturated heterocycles. The molecule has 0 saturated carbocycles. The number of halogens is 1. The molecule has 2 aromatic heterocycles. The van der Waals surface area contributed by atoms with Crippen molar-refractivity contribution < 1.29 is 4.79 Å². The van der Waals surface area contributed by atoms with Crippen LogP contribution >= 0.6 is 22.6 Å². The lowest BCUT2D eigenvalue weighted by Crippen LogP contribution is -2.25. The maximum atomic E-state index is 11.8. The predicted octanol–water partition coefficient (Wildman–Crippen LogP) is 3.60. The minimum atomic E-state index is -0.0712. The second-order valence-corrected chi connectivity index (χ2v) is 9.29.